The highest BCUT2D eigenvalue weighted by molar-refractivity contribution is 5.02. The van der Waals surface area contributed by atoms with Crippen LogP contribution in [0.15, 0.2) is 12.3 Å². The van der Waals surface area contributed by atoms with E-state index in [2.05, 4.69) is 23.4 Å². The lowest BCUT2D eigenvalue weighted by molar-refractivity contribution is 0.256. The molecule has 1 aliphatic rings. The molecule has 3 nitrogen and oxygen atoms in total. The zero-order valence-corrected chi connectivity index (χ0v) is 11.9. The second kappa shape index (κ2) is 6.37. The number of hydrogen-bond acceptors (Lipinski definition) is 2. The third kappa shape index (κ3) is 3.35. The highest BCUT2D eigenvalue weighted by Crippen LogP contribution is 2.41. The first-order valence-corrected chi connectivity index (χ1v) is 7.43. The molecule has 1 N–H and O–H groups in total. The first kappa shape index (κ1) is 13.6. The summed E-state index contributed by atoms with van der Waals surface area (Å²) in [4.78, 5) is 0. The fourth-order valence-corrected chi connectivity index (χ4v) is 3.21. The zero-order valence-electron chi connectivity index (χ0n) is 11.9. The Morgan fingerprint density at radius 2 is 2.17 bits per heavy atom. The lowest BCUT2D eigenvalue weighted by Crippen LogP contribution is -2.33. The van der Waals surface area contributed by atoms with Crippen molar-refractivity contribution in [3.63, 3.8) is 0 Å². The molecular weight excluding hydrogens is 222 g/mol. The molecule has 0 amide bonds. The first-order chi connectivity index (χ1) is 8.76. The minimum absolute atomic E-state index is 0.555. The molecule has 0 aliphatic heterocycles. The van der Waals surface area contributed by atoms with E-state index in [1.54, 1.807) is 0 Å². The van der Waals surface area contributed by atoms with Crippen molar-refractivity contribution in [1.82, 2.24) is 15.1 Å². The van der Waals surface area contributed by atoms with Crippen LogP contribution in [-0.2, 0) is 13.5 Å². The standard InChI is InChI=1S/C15H27N3/c1-3-11-16-13-15(8-4-5-9-15)10-6-14-7-12-17-18(14)2/h7,12,16H,3-6,8-11,13H2,1-2H3. The monoisotopic (exact) mass is 249 g/mol. The molecule has 0 bridgehead atoms. The van der Waals surface area contributed by atoms with Gasteiger partial charge in [-0.15, -0.1) is 0 Å². The summed E-state index contributed by atoms with van der Waals surface area (Å²) in [5.74, 6) is 0. The van der Waals surface area contributed by atoms with Gasteiger partial charge in [-0.05, 0) is 50.1 Å². The van der Waals surface area contributed by atoms with Gasteiger partial charge in [0.1, 0.15) is 0 Å². The Kier molecular flexibility index (Phi) is 4.81. The smallest absolute Gasteiger partial charge is 0.0492 e. The normalized spacial score (nSPS) is 18.3. The molecule has 0 unspecified atom stereocenters. The van der Waals surface area contributed by atoms with Crippen molar-refractivity contribution < 1.29 is 0 Å². The summed E-state index contributed by atoms with van der Waals surface area (Å²) in [5, 5.41) is 7.90. The highest BCUT2D eigenvalue weighted by Gasteiger charge is 2.33. The van der Waals surface area contributed by atoms with Crippen LogP contribution in [0.5, 0.6) is 0 Å². The molecule has 0 aromatic carbocycles. The van der Waals surface area contributed by atoms with Gasteiger partial charge in [0.2, 0.25) is 0 Å². The van der Waals surface area contributed by atoms with Gasteiger partial charge in [-0.25, -0.2) is 0 Å². The third-order valence-electron chi connectivity index (χ3n) is 4.42. The van der Waals surface area contributed by atoms with E-state index < -0.39 is 0 Å². The van der Waals surface area contributed by atoms with Crippen LogP contribution in [-0.4, -0.2) is 22.9 Å². The molecular formula is C15H27N3. The van der Waals surface area contributed by atoms with E-state index in [0.717, 1.165) is 6.54 Å². The average molecular weight is 249 g/mol. The number of nitrogens with one attached hydrogen (secondary N) is 1. The molecule has 0 radical (unpaired) electrons. The van der Waals surface area contributed by atoms with Crippen molar-refractivity contribution in [3.8, 4) is 0 Å². The van der Waals surface area contributed by atoms with Crippen LogP contribution >= 0.6 is 0 Å². The fourth-order valence-electron chi connectivity index (χ4n) is 3.21. The Bertz CT molecular complexity index is 350. The number of rotatable bonds is 7. The predicted molar refractivity (Wildman–Crippen MR) is 75.6 cm³/mol. The van der Waals surface area contributed by atoms with E-state index in [9.17, 15) is 0 Å². The molecule has 0 spiro atoms. The van der Waals surface area contributed by atoms with Crippen LogP contribution in [0.3, 0.4) is 0 Å². The van der Waals surface area contributed by atoms with Gasteiger partial charge in [0.15, 0.2) is 0 Å². The highest BCUT2D eigenvalue weighted by atomic mass is 15.2. The van der Waals surface area contributed by atoms with Gasteiger partial charge in [-0.2, -0.15) is 5.10 Å². The molecule has 0 saturated heterocycles. The van der Waals surface area contributed by atoms with Gasteiger partial charge in [-0.3, -0.25) is 4.68 Å². The van der Waals surface area contributed by atoms with E-state index in [-0.39, 0.29) is 0 Å². The maximum atomic E-state index is 4.26. The molecule has 1 aromatic rings. The van der Waals surface area contributed by atoms with Crippen LogP contribution in [0.2, 0.25) is 0 Å². The molecule has 1 heterocycles. The van der Waals surface area contributed by atoms with Crippen LogP contribution in [0, 0.1) is 5.41 Å². The van der Waals surface area contributed by atoms with Gasteiger partial charge in [-0.1, -0.05) is 19.8 Å². The van der Waals surface area contributed by atoms with Gasteiger partial charge < -0.3 is 5.32 Å². The Balaban J connectivity index is 1.88. The molecule has 1 fully saturated rings. The molecule has 18 heavy (non-hydrogen) atoms. The second-order valence-electron chi connectivity index (χ2n) is 5.83. The fraction of sp³-hybridized carbons (Fsp3) is 0.800. The van der Waals surface area contributed by atoms with Gasteiger partial charge in [0.25, 0.3) is 0 Å². The molecule has 0 atom stereocenters. The number of hydrogen-bond donors (Lipinski definition) is 1. The summed E-state index contributed by atoms with van der Waals surface area (Å²) in [6, 6.07) is 2.15. The lowest BCUT2D eigenvalue weighted by atomic mass is 9.81. The molecule has 102 valence electrons. The Labute approximate surface area is 111 Å². The first-order valence-electron chi connectivity index (χ1n) is 7.43. The van der Waals surface area contributed by atoms with E-state index in [1.807, 2.05) is 17.9 Å². The van der Waals surface area contributed by atoms with Gasteiger partial charge in [0.05, 0.1) is 0 Å². The molecule has 1 aromatic heterocycles. The maximum Gasteiger partial charge on any atom is 0.0492 e. The van der Waals surface area contributed by atoms with Crippen LogP contribution in [0.25, 0.3) is 0 Å². The molecule has 3 heteroatoms. The van der Waals surface area contributed by atoms with Crippen molar-refractivity contribution in [2.45, 2.75) is 51.9 Å². The summed E-state index contributed by atoms with van der Waals surface area (Å²) in [6.45, 7) is 4.61. The van der Waals surface area contributed by atoms with Crippen molar-refractivity contribution in [2.24, 2.45) is 12.5 Å². The summed E-state index contributed by atoms with van der Waals surface area (Å²) < 4.78 is 2.02. The van der Waals surface area contributed by atoms with Crippen molar-refractivity contribution in [3.05, 3.63) is 18.0 Å². The minimum atomic E-state index is 0.555. The molecule has 2 rings (SSSR count). The van der Waals surface area contributed by atoms with Gasteiger partial charge in [0, 0.05) is 25.5 Å². The molecule has 1 saturated carbocycles. The Hall–Kier alpha value is -0.830. The Morgan fingerprint density at radius 3 is 2.78 bits per heavy atom. The topological polar surface area (TPSA) is 29.9 Å². The summed E-state index contributed by atoms with van der Waals surface area (Å²) >= 11 is 0. The SMILES string of the molecule is CCCNCC1(CCc2ccnn2C)CCCC1. The van der Waals surface area contributed by atoms with Crippen LogP contribution < -0.4 is 5.32 Å². The van der Waals surface area contributed by atoms with Gasteiger partial charge >= 0.3 is 0 Å². The van der Waals surface area contributed by atoms with Crippen LogP contribution in [0.4, 0.5) is 0 Å². The van der Waals surface area contributed by atoms with Crippen molar-refractivity contribution in [2.75, 3.05) is 13.1 Å². The van der Waals surface area contributed by atoms with Crippen molar-refractivity contribution in [1.29, 1.82) is 0 Å². The predicted octanol–water partition coefficient (Wildman–Crippen LogP) is 2.91. The lowest BCUT2D eigenvalue weighted by Gasteiger charge is -2.29. The third-order valence-corrected chi connectivity index (χ3v) is 4.42. The Morgan fingerprint density at radius 1 is 1.39 bits per heavy atom. The van der Waals surface area contributed by atoms with E-state index in [0.29, 0.717) is 5.41 Å². The van der Waals surface area contributed by atoms with Crippen molar-refractivity contribution >= 4 is 0 Å². The molecule has 1 aliphatic carbocycles. The summed E-state index contributed by atoms with van der Waals surface area (Å²) in [7, 11) is 2.05. The maximum absolute atomic E-state index is 4.26. The zero-order chi connectivity index (χ0) is 12.8. The van der Waals surface area contributed by atoms with E-state index in [1.165, 1.54) is 57.2 Å². The summed E-state index contributed by atoms with van der Waals surface area (Å²) in [5.41, 5.74) is 1.93. The summed E-state index contributed by atoms with van der Waals surface area (Å²) in [6.07, 6.45) is 11.3. The number of nitrogens with zero attached hydrogens (tertiary/aromatic N) is 2. The largest absolute Gasteiger partial charge is 0.316 e. The van der Waals surface area contributed by atoms with E-state index >= 15 is 0 Å². The second-order valence-corrected chi connectivity index (χ2v) is 5.83. The quantitative estimate of drug-likeness (QED) is 0.753. The van der Waals surface area contributed by atoms with Crippen LogP contribution in [0.1, 0.15) is 51.1 Å². The van der Waals surface area contributed by atoms with E-state index in [4.69, 9.17) is 0 Å². The number of aryl methyl sites for hydroxylation is 2. The number of aromatic nitrogens is 2. The minimum Gasteiger partial charge on any atom is -0.316 e. The average Bonchev–Trinajstić information content (AvgIpc) is 2.97.